The van der Waals surface area contributed by atoms with Crippen molar-refractivity contribution in [1.82, 2.24) is 20.1 Å². The molecule has 27 heavy (non-hydrogen) atoms. The average Bonchev–Trinajstić information content (AvgIpc) is 3.31. The lowest BCUT2D eigenvalue weighted by atomic mass is 10.2. The van der Waals surface area contributed by atoms with Gasteiger partial charge in [0.15, 0.2) is 11.0 Å². The molecule has 0 saturated heterocycles. The highest BCUT2D eigenvalue weighted by Gasteiger charge is 2.21. The minimum absolute atomic E-state index is 0.0889. The highest BCUT2D eigenvalue weighted by Crippen LogP contribution is 2.28. The molecule has 0 aliphatic rings. The molecule has 0 fully saturated rings. The molecule has 1 aromatic carbocycles. The molecule has 2 aromatic heterocycles. The van der Waals surface area contributed by atoms with Crippen molar-refractivity contribution in [2.24, 2.45) is 0 Å². The van der Waals surface area contributed by atoms with Crippen LogP contribution in [0, 0.1) is 5.82 Å². The summed E-state index contributed by atoms with van der Waals surface area (Å²) >= 11 is 2.88. The largest absolute Gasteiger partial charge is 0.350 e. The first-order chi connectivity index (χ1) is 13.1. The van der Waals surface area contributed by atoms with E-state index in [2.05, 4.69) is 22.1 Å². The van der Waals surface area contributed by atoms with Crippen LogP contribution >= 0.6 is 23.1 Å². The highest BCUT2D eigenvalue weighted by molar-refractivity contribution is 8.00. The minimum atomic E-state index is -0.369. The van der Waals surface area contributed by atoms with E-state index in [0.717, 1.165) is 4.88 Å². The summed E-state index contributed by atoms with van der Waals surface area (Å²) < 4.78 is 15.9. The van der Waals surface area contributed by atoms with Crippen molar-refractivity contribution in [2.75, 3.05) is 0 Å². The topological polar surface area (TPSA) is 59.8 Å². The third kappa shape index (κ3) is 4.64. The van der Waals surface area contributed by atoms with E-state index in [-0.39, 0.29) is 17.0 Å². The van der Waals surface area contributed by atoms with E-state index >= 15 is 0 Å². The molecule has 0 saturated carbocycles. The van der Waals surface area contributed by atoms with Crippen LogP contribution in [0.25, 0.3) is 11.4 Å². The molecule has 0 bridgehead atoms. The first-order valence-corrected chi connectivity index (χ1v) is 10.1. The van der Waals surface area contributed by atoms with Gasteiger partial charge in [0.1, 0.15) is 5.82 Å². The van der Waals surface area contributed by atoms with Crippen LogP contribution in [0.5, 0.6) is 0 Å². The first-order valence-electron chi connectivity index (χ1n) is 8.36. The van der Waals surface area contributed by atoms with E-state index in [4.69, 9.17) is 0 Å². The SMILES string of the molecule is C=CCn1c(SC(C)C(=O)NCc2cccs2)nnc1-c1ccccc1F. The van der Waals surface area contributed by atoms with E-state index in [1.807, 2.05) is 24.4 Å². The van der Waals surface area contributed by atoms with Crippen molar-refractivity contribution in [1.29, 1.82) is 0 Å². The van der Waals surface area contributed by atoms with Gasteiger partial charge in [0.2, 0.25) is 5.91 Å². The molecule has 1 N–H and O–H groups in total. The molecular weight excluding hydrogens is 383 g/mol. The molecule has 0 spiro atoms. The monoisotopic (exact) mass is 402 g/mol. The van der Waals surface area contributed by atoms with E-state index in [1.54, 1.807) is 40.2 Å². The Kier molecular flexibility index (Phi) is 6.41. The minimum Gasteiger partial charge on any atom is -0.350 e. The van der Waals surface area contributed by atoms with Gasteiger partial charge in [0, 0.05) is 11.4 Å². The molecule has 1 atom stereocenters. The molecule has 1 unspecified atom stereocenters. The Hall–Kier alpha value is -2.45. The number of hydrogen-bond donors (Lipinski definition) is 1. The summed E-state index contributed by atoms with van der Waals surface area (Å²) in [5.74, 6) is -0.0378. The van der Waals surface area contributed by atoms with Crippen LogP contribution in [0.1, 0.15) is 11.8 Å². The maximum Gasteiger partial charge on any atom is 0.233 e. The summed E-state index contributed by atoms with van der Waals surface area (Å²) in [7, 11) is 0. The molecule has 8 heteroatoms. The Bertz CT molecular complexity index is 924. The van der Waals surface area contributed by atoms with Gasteiger partial charge >= 0.3 is 0 Å². The Morgan fingerprint density at radius 2 is 2.19 bits per heavy atom. The lowest BCUT2D eigenvalue weighted by molar-refractivity contribution is -0.120. The van der Waals surface area contributed by atoms with Crippen molar-refractivity contribution in [2.45, 2.75) is 30.4 Å². The van der Waals surface area contributed by atoms with Crippen LogP contribution < -0.4 is 5.32 Å². The van der Waals surface area contributed by atoms with Gasteiger partial charge in [0.25, 0.3) is 0 Å². The van der Waals surface area contributed by atoms with Crippen LogP contribution in [-0.4, -0.2) is 25.9 Å². The maximum atomic E-state index is 14.2. The molecule has 2 heterocycles. The average molecular weight is 403 g/mol. The fourth-order valence-electron chi connectivity index (χ4n) is 2.45. The smallest absolute Gasteiger partial charge is 0.233 e. The van der Waals surface area contributed by atoms with Crippen LogP contribution in [0.4, 0.5) is 4.39 Å². The molecule has 3 rings (SSSR count). The van der Waals surface area contributed by atoms with Gasteiger partial charge in [0.05, 0.1) is 17.4 Å². The van der Waals surface area contributed by atoms with Crippen LogP contribution in [0.3, 0.4) is 0 Å². The van der Waals surface area contributed by atoms with E-state index < -0.39 is 0 Å². The lowest BCUT2D eigenvalue weighted by Gasteiger charge is -2.12. The predicted molar refractivity (Wildman–Crippen MR) is 107 cm³/mol. The van der Waals surface area contributed by atoms with Crippen molar-refractivity contribution in [3.8, 4) is 11.4 Å². The quantitative estimate of drug-likeness (QED) is 0.455. The number of amides is 1. The third-order valence-corrected chi connectivity index (χ3v) is 5.77. The second-order valence-electron chi connectivity index (χ2n) is 5.74. The van der Waals surface area contributed by atoms with Gasteiger partial charge in [-0.1, -0.05) is 36.0 Å². The number of nitrogens with zero attached hydrogens (tertiary/aromatic N) is 3. The van der Waals surface area contributed by atoms with Gasteiger partial charge in [-0.2, -0.15) is 0 Å². The predicted octanol–water partition coefficient (Wildman–Crippen LogP) is 4.13. The van der Waals surface area contributed by atoms with Gasteiger partial charge in [-0.3, -0.25) is 9.36 Å². The van der Waals surface area contributed by atoms with Crippen molar-refractivity contribution >= 4 is 29.0 Å². The Morgan fingerprint density at radius 1 is 1.37 bits per heavy atom. The number of thioether (sulfide) groups is 1. The first kappa shape index (κ1) is 19.3. The molecular formula is C19H19FN4OS2. The number of benzene rings is 1. The zero-order chi connectivity index (χ0) is 19.2. The summed E-state index contributed by atoms with van der Waals surface area (Å²) in [6.45, 7) is 6.48. The standard InChI is InChI=1S/C19H19FN4OS2/c1-3-10-24-17(15-8-4-5-9-16(15)20)22-23-19(24)27-13(2)18(25)21-12-14-7-6-11-26-14/h3-9,11,13H,1,10,12H2,2H3,(H,21,25). The number of carbonyl (C=O) groups excluding carboxylic acids is 1. The third-order valence-electron chi connectivity index (χ3n) is 3.81. The number of hydrogen-bond acceptors (Lipinski definition) is 5. The van der Waals surface area contributed by atoms with E-state index in [0.29, 0.717) is 29.6 Å². The molecule has 0 aliphatic carbocycles. The molecule has 1 amide bonds. The second-order valence-corrected chi connectivity index (χ2v) is 8.08. The van der Waals surface area contributed by atoms with Gasteiger partial charge in [-0.15, -0.1) is 28.1 Å². The summed E-state index contributed by atoms with van der Waals surface area (Å²) in [6.07, 6.45) is 1.69. The fraction of sp³-hybridized carbons (Fsp3) is 0.211. The number of rotatable bonds is 8. The molecule has 0 aliphatic heterocycles. The summed E-state index contributed by atoms with van der Waals surface area (Å²) in [6, 6.07) is 10.3. The van der Waals surface area contributed by atoms with E-state index in [1.165, 1.54) is 17.8 Å². The molecule has 140 valence electrons. The van der Waals surface area contributed by atoms with Gasteiger partial charge in [-0.05, 0) is 30.5 Å². The highest BCUT2D eigenvalue weighted by atomic mass is 32.2. The van der Waals surface area contributed by atoms with Crippen LogP contribution in [0.2, 0.25) is 0 Å². The maximum absolute atomic E-state index is 14.2. The number of aromatic nitrogens is 3. The number of halogens is 1. The summed E-state index contributed by atoms with van der Waals surface area (Å²) in [5, 5.41) is 13.4. The lowest BCUT2D eigenvalue weighted by Crippen LogP contribution is -2.30. The van der Waals surface area contributed by atoms with Gasteiger partial charge in [-0.25, -0.2) is 4.39 Å². The second kappa shape index (κ2) is 8.96. The van der Waals surface area contributed by atoms with Crippen molar-refractivity contribution in [3.05, 3.63) is 65.1 Å². The number of carbonyl (C=O) groups is 1. The molecule has 5 nitrogen and oxygen atoms in total. The Morgan fingerprint density at radius 3 is 2.89 bits per heavy atom. The summed E-state index contributed by atoms with van der Waals surface area (Å²) in [4.78, 5) is 13.5. The zero-order valence-electron chi connectivity index (χ0n) is 14.8. The fourth-order valence-corrected chi connectivity index (χ4v) is 3.98. The zero-order valence-corrected chi connectivity index (χ0v) is 16.4. The van der Waals surface area contributed by atoms with Crippen LogP contribution in [-0.2, 0) is 17.9 Å². The Labute approximate surface area is 165 Å². The molecule has 0 radical (unpaired) electrons. The van der Waals surface area contributed by atoms with Crippen LogP contribution in [0.15, 0.2) is 59.6 Å². The van der Waals surface area contributed by atoms with Gasteiger partial charge < -0.3 is 5.32 Å². The van der Waals surface area contributed by atoms with Crippen molar-refractivity contribution in [3.63, 3.8) is 0 Å². The van der Waals surface area contributed by atoms with Crippen molar-refractivity contribution < 1.29 is 9.18 Å². The normalized spacial score (nSPS) is 11.9. The summed E-state index contributed by atoms with van der Waals surface area (Å²) in [5.41, 5.74) is 0.369. The Balaban J connectivity index is 1.75. The number of allylic oxidation sites excluding steroid dienone is 1. The van der Waals surface area contributed by atoms with E-state index in [9.17, 15) is 9.18 Å². The number of thiophene rings is 1. The molecule has 3 aromatic rings. The number of nitrogens with one attached hydrogen (secondary N) is 1.